The Morgan fingerprint density at radius 3 is 2.36 bits per heavy atom. The van der Waals surface area contributed by atoms with Crippen molar-refractivity contribution in [1.29, 1.82) is 0 Å². The smallest absolute Gasteiger partial charge is 0.258 e. The van der Waals surface area contributed by atoms with Crippen LogP contribution in [0, 0.1) is 0 Å². The highest BCUT2D eigenvalue weighted by Crippen LogP contribution is 2.37. The van der Waals surface area contributed by atoms with Crippen molar-refractivity contribution >= 4 is 45.8 Å². The molecule has 216 valence electrons. The number of hydrogen-bond acceptors (Lipinski definition) is 3. The number of unbranched alkanes of at least 4 members (excludes halogenated alkanes) is 1. The number of nitrogens with zero attached hydrogens (tertiary/aromatic N) is 2. The normalized spacial score (nSPS) is 12.9. The van der Waals surface area contributed by atoms with E-state index in [1.807, 2.05) is 78.9 Å². The van der Waals surface area contributed by atoms with E-state index in [4.69, 9.17) is 11.6 Å². The summed E-state index contributed by atoms with van der Waals surface area (Å²) < 4.78 is 0. The summed E-state index contributed by atoms with van der Waals surface area (Å²) in [6.07, 6.45) is 2.91. The molecule has 1 N–H and O–H groups in total. The molecule has 42 heavy (non-hydrogen) atoms. The molecular weight excluding hydrogens is 546 g/mol. The van der Waals surface area contributed by atoms with Gasteiger partial charge in [0, 0.05) is 48.4 Å². The number of halogens is 1. The molecule has 0 fully saturated rings. The quantitative estimate of drug-likeness (QED) is 0.177. The fourth-order valence-electron chi connectivity index (χ4n) is 5.58. The van der Waals surface area contributed by atoms with Crippen LogP contribution >= 0.6 is 11.6 Å². The third-order valence-corrected chi connectivity index (χ3v) is 8.04. The van der Waals surface area contributed by atoms with Gasteiger partial charge in [-0.3, -0.25) is 14.4 Å². The molecular formula is C35H36ClN3O3. The largest absolute Gasteiger partial charge is 0.354 e. The van der Waals surface area contributed by atoms with Gasteiger partial charge in [-0.2, -0.15) is 0 Å². The van der Waals surface area contributed by atoms with Gasteiger partial charge in [-0.15, -0.1) is 0 Å². The Morgan fingerprint density at radius 1 is 0.881 bits per heavy atom. The molecule has 1 aliphatic heterocycles. The highest BCUT2D eigenvalue weighted by molar-refractivity contribution is 6.30. The minimum atomic E-state index is -0.682. The molecule has 4 aromatic rings. The summed E-state index contributed by atoms with van der Waals surface area (Å²) in [5.74, 6) is -0.324. The van der Waals surface area contributed by atoms with Crippen LogP contribution in [0.1, 0.15) is 54.1 Å². The number of carbonyl (C=O) groups excluding carboxylic acids is 3. The van der Waals surface area contributed by atoms with Gasteiger partial charge in [-0.25, -0.2) is 0 Å². The summed E-state index contributed by atoms with van der Waals surface area (Å²) in [6, 6.07) is 28.2. The Hall–Kier alpha value is -4.16. The maximum atomic E-state index is 14.0. The second-order valence-corrected chi connectivity index (χ2v) is 11.2. The maximum Gasteiger partial charge on any atom is 0.258 e. The van der Waals surface area contributed by atoms with Crippen LogP contribution in [0.15, 0.2) is 91.0 Å². The van der Waals surface area contributed by atoms with Crippen LogP contribution in [0.4, 0.5) is 5.69 Å². The Labute approximate surface area is 252 Å². The zero-order valence-electron chi connectivity index (χ0n) is 23.9. The summed E-state index contributed by atoms with van der Waals surface area (Å²) in [5, 5.41) is 5.66. The van der Waals surface area contributed by atoms with Crippen molar-refractivity contribution in [2.24, 2.45) is 0 Å². The number of rotatable bonds is 13. The third-order valence-electron chi connectivity index (χ3n) is 7.79. The number of hydrogen-bond donors (Lipinski definition) is 1. The number of anilines is 1. The van der Waals surface area contributed by atoms with Gasteiger partial charge in [0.05, 0.1) is 5.69 Å². The summed E-state index contributed by atoms with van der Waals surface area (Å²) in [5.41, 5.74) is 3.46. The van der Waals surface area contributed by atoms with Crippen molar-refractivity contribution < 1.29 is 14.4 Å². The van der Waals surface area contributed by atoms with Crippen molar-refractivity contribution in [3.8, 4) is 0 Å². The summed E-state index contributed by atoms with van der Waals surface area (Å²) >= 11 is 6.13. The molecule has 3 amide bonds. The molecule has 7 heteroatoms. The predicted molar refractivity (Wildman–Crippen MR) is 169 cm³/mol. The van der Waals surface area contributed by atoms with Gasteiger partial charge in [-0.05, 0) is 53.6 Å². The van der Waals surface area contributed by atoms with Crippen LogP contribution in [0.3, 0.4) is 0 Å². The second-order valence-electron chi connectivity index (χ2n) is 10.7. The van der Waals surface area contributed by atoms with Gasteiger partial charge in [0.1, 0.15) is 6.04 Å². The second kappa shape index (κ2) is 13.7. The fraction of sp³-hybridized carbons (Fsp3) is 0.286. The van der Waals surface area contributed by atoms with Gasteiger partial charge in [0.15, 0.2) is 0 Å². The van der Waals surface area contributed by atoms with Crippen molar-refractivity contribution in [2.75, 3.05) is 18.0 Å². The van der Waals surface area contributed by atoms with Gasteiger partial charge < -0.3 is 15.1 Å². The molecule has 1 atom stereocenters. The molecule has 0 radical (unpaired) electrons. The van der Waals surface area contributed by atoms with E-state index in [1.54, 1.807) is 21.9 Å². The van der Waals surface area contributed by atoms with Crippen LogP contribution in [-0.4, -0.2) is 41.8 Å². The first kappa shape index (κ1) is 29.3. The molecule has 0 saturated heterocycles. The lowest BCUT2D eigenvalue weighted by Gasteiger charge is -2.32. The van der Waals surface area contributed by atoms with Gasteiger partial charge in [0.25, 0.3) is 5.91 Å². The highest BCUT2D eigenvalue weighted by Gasteiger charge is 2.32. The molecule has 0 unspecified atom stereocenters. The zero-order chi connectivity index (χ0) is 29.5. The lowest BCUT2D eigenvalue weighted by molar-refractivity contribution is -0.141. The molecule has 4 aromatic carbocycles. The maximum absolute atomic E-state index is 14.0. The zero-order valence-corrected chi connectivity index (χ0v) is 24.6. The average molecular weight is 582 g/mol. The first-order chi connectivity index (χ1) is 20.5. The van der Waals surface area contributed by atoms with Crippen LogP contribution in [0.5, 0.6) is 0 Å². The highest BCUT2D eigenvalue weighted by atomic mass is 35.5. The lowest BCUT2D eigenvalue weighted by atomic mass is 10.0. The SMILES string of the molecule is CCCCNC(=O)[C@H](Cc1ccccc1)N(Cc1ccc(Cl)cc1)C(=O)CCCN1C(=O)c2cccc3cccc1c23. The Morgan fingerprint density at radius 2 is 1.62 bits per heavy atom. The van der Waals surface area contributed by atoms with E-state index >= 15 is 0 Å². The van der Waals surface area contributed by atoms with Gasteiger partial charge >= 0.3 is 0 Å². The Balaban J connectivity index is 1.36. The minimum absolute atomic E-state index is 0.0375. The Bertz CT molecular complexity index is 1550. The topological polar surface area (TPSA) is 69.7 Å². The molecule has 0 bridgehead atoms. The molecule has 6 nitrogen and oxygen atoms in total. The van der Waals surface area contributed by atoms with Gasteiger partial charge in [0.2, 0.25) is 11.8 Å². The molecule has 1 heterocycles. The standard InChI is InChI=1S/C35H36ClN3O3/c1-2-3-21-37-34(41)31(23-25-10-5-4-6-11-25)39(24-26-17-19-28(36)20-18-26)32(40)16-9-22-38-30-15-8-13-27-12-7-14-29(33(27)30)35(38)42/h4-8,10-15,17-20,31H,2-3,9,16,21-24H2,1H3,(H,37,41)/t31-/m0/s1. The van der Waals surface area contributed by atoms with Crippen LogP contribution < -0.4 is 10.2 Å². The monoisotopic (exact) mass is 581 g/mol. The van der Waals surface area contributed by atoms with E-state index in [1.165, 1.54) is 0 Å². The van der Waals surface area contributed by atoms with E-state index in [0.717, 1.165) is 40.4 Å². The summed E-state index contributed by atoms with van der Waals surface area (Å²) in [7, 11) is 0. The number of nitrogens with one attached hydrogen (secondary N) is 1. The van der Waals surface area contributed by atoms with Crippen molar-refractivity contribution in [2.45, 2.75) is 51.6 Å². The van der Waals surface area contributed by atoms with Crippen LogP contribution in [0.2, 0.25) is 5.02 Å². The molecule has 5 rings (SSSR count). The molecule has 0 saturated carbocycles. The molecule has 1 aliphatic rings. The fourth-order valence-corrected chi connectivity index (χ4v) is 5.71. The first-order valence-corrected chi connectivity index (χ1v) is 15.0. The van der Waals surface area contributed by atoms with E-state index in [2.05, 4.69) is 12.2 Å². The summed E-state index contributed by atoms with van der Waals surface area (Å²) in [4.78, 5) is 44.3. The number of amides is 3. The van der Waals surface area contributed by atoms with Crippen molar-refractivity contribution in [1.82, 2.24) is 10.2 Å². The first-order valence-electron chi connectivity index (χ1n) is 14.7. The van der Waals surface area contributed by atoms with E-state index in [-0.39, 0.29) is 30.7 Å². The molecule has 0 aliphatic carbocycles. The van der Waals surface area contributed by atoms with Crippen LogP contribution in [-0.2, 0) is 22.6 Å². The number of carbonyl (C=O) groups is 3. The van der Waals surface area contributed by atoms with Gasteiger partial charge in [-0.1, -0.05) is 91.7 Å². The average Bonchev–Trinajstić information content (AvgIpc) is 3.28. The molecule has 0 spiro atoms. The van der Waals surface area contributed by atoms with E-state index in [0.29, 0.717) is 36.5 Å². The van der Waals surface area contributed by atoms with Crippen LogP contribution in [0.25, 0.3) is 10.8 Å². The third kappa shape index (κ3) is 6.66. The van der Waals surface area contributed by atoms with E-state index < -0.39 is 6.04 Å². The van der Waals surface area contributed by atoms with Crippen molar-refractivity contribution in [3.05, 3.63) is 113 Å². The van der Waals surface area contributed by atoms with Crippen molar-refractivity contribution in [3.63, 3.8) is 0 Å². The summed E-state index contributed by atoms with van der Waals surface area (Å²) in [6.45, 7) is 3.34. The number of benzene rings is 4. The Kier molecular flexibility index (Phi) is 9.55. The minimum Gasteiger partial charge on any atom is -0.354 e. The molecule has 0 aromatic heterocycles. The predicted octanol–water partition coefficient (Wildman–Crippen LogP) is 6.79. The van der Waals surface area contributed by atoms with E-state index in [9.17, 15) is 14.4 Å². The lowest BCUT2D eigenvalue weighted by Crippen LogP contribution is -2.50.